The molecule has 0 aliphatic carbocycles. The summed E-state index contributed by atoms with van der Waals surface area (Å²) in [7, 11) is 1.73. The minimum Gasteiger partial charge on any atom is -0.313 e. The van der Waals surface area contributed by atoms with E-state index in [1.54, 1.807) is 19.2 Å². The second-order valence-corrected chi connectivity index (χ2v) is 5.25. The van der Waals surface area contributed by atoms with Crippen LogP contribution in [0.5, 0.6) is 0 Å². The molecule has 1 N–H and O–H groups in total. The van der Waals surface area contributed by atoms with E-state index in [2.05, 4.69) is 5.32 Å². The van der Waals surface area contributed by atoms with Gasteiger partial charge < -0.3 is 5.32 Å². The van der Waals surface area contributed by atoms with Crippen LogP contribution in [0, 0.1) is 11.6 Å². The van der Waals surface area contributed by atoms with E-state index in [0.717, 1.165) is 11.6 Å². The third-order valence-corrected chi connectivity index (χ3v) is 3.95. The van der Waals surface area contributed by atoms with Gasteiger partial charge in [0.25, 0.3) is 0 Å². The van der Waals surface area contributed by atoms with Crippen LogP contribution >= 0.6 is 23.2 Å². The molecule has 0 bridgehead atoms. The average molecular weight is 316 g/mol. The summed E-state index contributed by atoms with van der Waals surface area (Å²) in [5, 5.41) is 3.96. The summed E-state index contributed by atoms with van der Waals surface area (Å²) in [6.45, 7) is 0. The van der Waals surface area contributed by atoms with Crippen molar-refractivity contribution < 1.29 is 8.78 Å². The lowest BCUT2D eigenvalue weighted by Crippen LogP contribution is -2.19. The van der Waals surface area contributed by atoms with Crippen molar-refractivity contribution in [1.29, 1.82) is 0 Å². The zero-order valence-electron chi connectivity index (χ0n) is 10.8. The molecular formula is C15H13Cl2F2N. The predicted octanol–water partition coefficient (Wildman–Crippen LogP) is 4.77. The fraction of sp³-hybridized carbons (Fsp3) is 0.200. The van der Waals surface area contributed by atoms with Gasteiger partial charge in [-0.25, -0.2) is 8.78 Å². The molecule has 2 aromatic rings. The van der Waals surface area contributed by atoms with Crippen molar-refractivity contribution in [2.45, 2.75) is 12.5 Å². The van der Waals surface area contributed by atoms with Gasteiger partial charge in [-0.05, 0) is 42.8 Å². The Labute approximate surface area is 126 Å². The van der Waals surface area contributed by atoms with E-state index in [-0.39, 0.29) is 6.04 Å². The van der Waals surface area contributed by atoms with E-state index >= 15 is 0 Å². The summed E-state index contributed by atoms with van der Waals surface area (Å²) in [6, 6.07) is 8.55. The number of nitrogens with one attached hydrogen (secondary N) is 1. The highest BCUT2D eigenvalue weighted by Crippen LogP contribution is 2.29. The third kappa shape index (κ3) is 3.48. The van der Waals surface area contributed by atoms with E-state index in [9.17, 15) is 8.78 Å². The maximum Gasteiger partial charge on any atom is 0.126 e. The van der Waals surface area contributed by atoms with Crippen molar-refractivity contribution in [3.05, 3.63) is 69.2 Å². The summed E-state index contributed by atoms with van der Waals surface area (Å²) in [5.41, 5.74) is 1.35. The molecule has 106 valence electrons. The highest BCUT2D eigenvalue weighted by atomic mass is 35.5. The molecular weight excluding hydrogens is 303 g/mol. The minimum absolute atomic E-state index is 0.254. The first-order valence-electron chi connectivity index (χ1n) is 6.07. The molecule has 0 aromatic heterocycles. The van der Waals surface area contributed by atoms with Gasteiger partial charge in [-0.2, -0.15) is 0 Å². The van der Waals surface area contributed by atoms with Crippen molar-refractivity contribution in [3.63, 3.8) is 0 Å². The quantitative estimate of drug-likeness (QED) is 0.856. The fourth-order valence-corrected chi connectivity index (χ4v) is 2.49. The van der Waals surface area contributed by atoms with Gasteiger partial charge >= 0.3 is 0 Å². The van der Waals surface area contributed by atoms with E-state index in [4.69, 9.17) is 23.2 Å². The second-order valence-electron chi connectivity index (χ2n) is 4.46. The Balaban J connectivity index is 2.31. The molecule has 0 spiro atoms. The molecule has 0 heterocycles. The second kappa shape index (κ2) is 6.53. The van der Waals surface area contributed by atoms with Gasteiger partial charge in [-0.15, -0.1) is 0 Å². The molecule has 0 radical (unpaired) electrons. The first kappa shape index (κ1) is 15.2. The van der Waals surface area contributed by atoms with Gasteiger partial charge in [0.1, 0.15) is 11.6 Å². The Morgan fingerprint density at radius 2 is 1.75 bits per heavy atom. The van der Waals surface area contributed by atoms with Gasteiger partial charge in [0.15, 0.2) is 0 Å². The molecule has 0 amide bonds. The monoisotopic (exact) mass is 315 g/mol. The van der Waals surface area contributed by atoms with E-state index in [1.807, 2.05) is 6.07 Å². The van der Waals surface area contributed by atoms with Crippen LogP contribution in [-0.4, -0.2) is 7.05 Å². The van der Waals surface area contributed by atoms with Crippen LogP contribution in [0.3, 0.4) is 0 Å². The van der Waals surface area contributed by atoms with Crippen molar-refractivity contribution in [1.82, 2.24) is 5.32 Å². The maximum absolute atomic E-state index is 13.3. The molecule has 0 saturated carbocycles. The Bertz CT molecular complexity index is 597. The van der Waals surface area contributed by atoms with E-state index in [1.165, 1.54) is 12.1 Å². The highest BCUT2D eigenvalue weighted by molar-refractivity contribution is 6.42. The van der Waals surface area contributed by atoms with Crippen LogP contribution in [0.15, 0.2) is 36.4 Å². The standard InChI is InChI=1S/C15H13Cl2F2N/c1-20-14(10-5-11(18)8-12(19)6-10)7-9-3-2-4-13(16)15(9)17/h2-6,8,14,20H,7H2,1H3. The Kier molecular flexibility index (Phi) is 4.97. The first-order valence-corrected chi connectivity index (χ1v) is 6.83. The number of halogens is 4. The molecule has 1 atom stereocenters. The van der Waals surface area contributed by atoms with Gasteiger partial charge in [0, 0.05) is 12.1 Å². The number of hydrogen-bond donors (Lipinski definition) is 1. The summed E-state index contributed by atoms with van der Waals surface area (Å²) in [4.78, 5) is 0. The summed E-state index contributed by atoms with van der Waals surface area (Å²) >= 11 is 12.1. The third-order valence-electron chi connectivity index (χ3n) is 3.09. The minimum atomic E-state index is -0.600. The van der Waals surface area contributed by atoms with Crippen LogP contribution < -0.4 is 5.32 Å². The first-order chi connectivity index (χ1) is 9.51. The van der Waals surface area contributed by atoms with Crippen LogP contribution in [0.25, 0.3) is 0 Å². The molecule has 0 aliphatic heterocycles. The van der Waals surface area contributed by atoms with E-state index in [0.29, 0.717) is 22.0 Å². The summed E-state index contributed by atoms with van der Waals surface area (Å²) < 4.78 is 26.6. The number of rotatable bonds is 4. The van der Waals surface area contributed by atoms with Crippen molar-refractivity contribution in [3.8, 4) is 0 Å². The average Bonchev–Trinajstić information content (AvgIpc) is 2.39. The Hall–Kier alpha value is -1.16. The normalized spacial score (nSPS) is 12.4. The largest absolute Gasteiger partial charge is 0.313 e. The van der Waals surface area contributed by atoms with Gasteiger partial charge in [0.2, 0.25) is 0 Å². The fourth-order valence-electron chi connectivity index (χ4n) is 2.09. The molecule has 0 saturated heterocycles. The van der Waals surface area contributed by atoms with Crippen LogP contribution in [0.2, 0.25) is 10.0 Å². The Morgan fingerprint density at radius 1 is 1.10 bits per heavy atom. The maximum atomic E-state index is 13.3. The van der Waals surface area contributed by atoms with Crippen LogP contribution in [0.4, 0.5) is 8.78 Å². The summed E-state index contributed by atoms with van der Waals surface area (Å²) in [5.74, 6) is -1.20. The zero-order valence-corrected chi connectivity index (χ0v) is 12.3. The van der Waals surface area contributed by atoms with E-state index < -0.39 is 11.6 Å². The lowest BCUT2D eigenvalue weighted by atomic mass is 9.98. The SMILES string of the molecule is CNC(Cc1cccc(Cl)c1Cl)c1cc(F)cc(F)c1. The zero-order chi connectivity index (χ0) is 14.7. The highest BCUT2D eigenvalue weighted by Gasteiger charge is 2.15. The molecule has 2 aromatic carbocycles. The molecule has 1 unspecified atom stereocenters. The lowest BCUT2D eigenvalue weighted by molar-refractivity contribution is 0.551. The summed E-state index contributed by atoms with van der Waals surface area (Å²) in [6.07, 6.45) is 0.485. The number of likely N-dealkylation sites (N-methyl/N-ethyl adjacent to an activating group) is 1. The smallest absolute Gasteiger partial charge is 0.126 e. The Morgan fingerprint density at radius 3 is 2.35 bits per heavy atom. The lowest BCUT2D eigenvalue weighted by Gasteiger charge is -2.18. The van der Waals surface area contributed by atoms with Gasteiger partial charge in [-0.1, -0.05) is 35.3 Å². The molecule has 0 fully saturated rings. The van der Waals surface area contributed by atoms with Crippen molar-refractivity contribution in [2.24, 2.45) is 0 Å². The van der Waals surface area contributed by atoms with Crippen molar-refractivity contribution in [2.75, 3.05) is 7.05 Å². The number of benzene rings is 2. The molecule has 2 rings (SSSR count). The topological polar surface area (TPSA) is 12.0 Å². The van der Waals surface area contributed by atoms with Crippen molar-refractivity contribution >= 4 is 23.2 Å². The number of hydrogen-bond acceptors (Lipinski definition) is 1. The van der Waals surface area contributed by atoms with Crippen LogP contribution in [-0.2, 0) is 6.42 Å². The molecule has 20 heavy (non-hydrogen) atoms. The van der Waals surface area contributed by atoms with Gasteiger partial charge in [0.05, 0.1) is 10.0 Å². The predicted molar refractivity (Wildman–Crippen MR) is 78.3 cm³/mol. The molecule has 1 nitrogen and oxygen atoms in total. The van der Waals surface area contributed by atoms with Gasteiger partial charge in [-0.3, -0.25) is 0 Å². The van der Waals surface area contributed by atoms with Crippen LogP contribution in [0.1, 0.15) is 17.2 Å². The molecule has 5 heteroatoms. The molecule has 0 aliphatic rings.